The molecule has 2 saturated heterocycles. The van der Waals surface area contributed by atoms with Crippen LogP contribution >= 0.6 is 0 Å². The third kappa shape index (κ3) is 4.30. The molecule has 1 saturated carbocycles. The van der Waals surface area contributed by atoms with Crippen molar-refractivity contribution in [3.05, 3.63) is 42.0 Å². The third-order valence-electron chi connectivity index (χ3n) is 8.51. The summed E-state index contributed by atoms with van der Waals surface area (Å²) in [6.07, 6.45) is 6.60. The summed E-state index contributed by atoms with van der Waals surface area (Å²) in [6.45, 7) is 7.91. The van der Waals surface area contributed by atoms with Gasteiger partial charge in [-0.05, 0) is 66.4 Å². The van der Waals surface area contributed by atoms with E-state index in [1.165, 1.54) is 12.0 Å². The quantitative estimate of drug-likeness (QED) is 0.638. The van der Waals surface area contributed by atoms with Crippen molar-refractivity contribution in [3.63, 3.8) is 0 Å². The zero-order valence-corrected chi connectivity index (χ0v) is 21.1. The van der Waals surface area contributed by atoms with E-state index in [4.69, 9.17) is 4.74 Å². The molecule has 3 atom stereocenters. The van der Waals surface area contributed by atoms with Crippen LogP contribution in [0.1, 0.15) is 71.3 Å². The van der Waals surface area contributed by atoms with E-state index in [0.717, 1.165) is 48.8 Å². The number of ether oxygens (including phenoxy) is 1. The number of fused-ring (bicyclic) bond motifs is 3. The van der Waals surface area contributed by atoms with E-state index < -0.39 is 0 Å². The number of nitrogens with one attached hydrogen (secondary N) is 1. The monoisotopic (exact) mass is 462 g/mol. The van der Waals surface area contributed by atoms with Crippen LogP contribution in [0.2, 0.25) is 0 Å². The van der Waals surface area contributed by atoms with Gasteiger partial charge in [-0.15, -0.1) is 0 Å². The molecule has 1 N–H and O–H groups in total. The number of hydrogen-bond acceptors (Lipinski definition) is 3. The lowest BCUT2D eigenvalue weighted by Crippen LogP contribution is -2.45. The van der Waals surface area contributed by atoms with Crippen LogP contribution in [0.4, 0.5) is 0 Å². The molecule has 182 valence electrons. The Morgan fingerprint density at radius 1 is 1.12 bits per heavy atom. The molecule has 0 aromatic heterocycles. The van der Waals surface area contributed by atoms with E-state index in [0.29, 0.717) is 30.7 Å². The fourth-order valence-electron chi connectivity index (χ4n) is 7.45. The summed E-state index contributed by atoms with van der Waals surface area (Å²) in [6, 6.07) is 12.8. The Morgan fingerprint density at radius 2 is 1.88 bits per heavy atom. The number of benzene rings is 2. The van der Waals surface area contributed by atoms with Gasteiger partial charge >= 0.3 is 0 Å². The van der Waals surface area contributed by atoms with Crippen molar-refractivity contribution in [1.29, 1.82) is 0 Å². The molecular weight excluding hydrogens is 424 g/mol. The fourth-order valence-corrected chi connectivity index (χ4v) is 7.45. The minimum atomic E-state index is -0.373. The molecule has 2 amide bonds. The Bertz CT molecular complexity index is 1130. The Morgan fingerprint density at radius 3 is 2.59 bits per heavy atom. The molecule has 2 aromatic carbocycles. The van der Waals surface area contributed by atoms with Crippen LogP contribution in [0.3, 0.4) is 0 Å². The second-order valence-corrected chi connectivity index (χ2v) is 12.2. The highest BCUT2D eigenvalue weighted by Gasteiger charge is 2.51. The average Bonchev–Trinajstić information content (AvgIpc) is 3.27. The smallest absolute Gasteiger partial charge is 0.222 e. The number of methoxy groups -OCH3 is 1. The van der Waals surface area contributed by atoms with Crippen molar-refractivity contribution in [1.82, 2.24) is 10.2 Å². The van der Waals surface area contributed by atoms with E-state index in [1.54, 1.807) is 7.11 Å². The minimum Gasteiger partial charge on any atom is -0.496 e. The number of carbonyl (C=O) groups excluding carboxylic acids is 2. The molecule has 2 aliphatic heterocycles. The Balaban J connectivity index is 1.35. The van der Waals surface area contributed by atoms with Crippen LogP contribution in [-0.2, 0) is 16.0 Å². The van der Waals surface area contributed by atoms with E-state index in [9.17, 15) is 9.59 Å². The van der Waals surface area contributed by atoms with Crippen LogP contribution < -0.4 is 10.1 Å². The van der Waals surface area contributed by atoms with Crippen LogP contribution in [0.5, 0.6) is 5.75 Å². The molecule has 2 heterocycles. The fraction of sp³-hybridized carbons (Fsp3) is 0.586. The Kier molecular flexibility index (Phi) is 5.65. The van der Waals surface area contributed by atoms with Crippen LogP contribution in [0.15, 0.2) is 36.4 Å². The normalized spacial score (nSPS) is 29.9. The van der Waals surface area contributed by atoms with Gasteiger partial charge < -0.3 is 15.0 Å². The van der Waals surface area contributed by atoms with Gasteiger partial charge in [-0.2, -0.15) is 0 Å². The highest BCUT2D eigenvalue weighted by atomic mass is 16.5. The Hall–Kier alpha value is -2.56. The van der Waals surface area contributed by atoms with Crippen molar-refractivity contribution >= 4 is 22.6 Å². The van der Waals surface area contributed by atoms with Crippen molar-refractivity contribution in [3.8, 4) is 5.75 Å². The first-order valence-electron chi connectivity index (χ1n) is 12.8. The maximum Gasteiger partial charge on any atom is 0.222 e. The number of hydrogen-bond donors (Lipinski definition) is 1. The molecule has 0 radical (unpaired) electrons. The Labute approximate surface area is 203 Å². The standard InChI is InChI=1S/C29H38N2O3/c1-27(2)16-21-17-28(3,18-27)19-31(21)26(33)12-14-29(13-11-25(32)30-29)15-20-9-10-24(34-4)23-8-6-5-7-22(20)23/h5-10,21H,11-19H2,1-4H3,(H,30,32)/t21-,28+,29-/m1/s1. The van der Waals surface area contributed by atoms with Gasteiger partial charge in [0.25, 0.3) is 0 Å². The van der Waals surface area contributed by atoms with Gasteiger partial charge in [0.15, 0.2) is 0 Å². The maximum atomic E-state index is 13.5. The zero-order valence-electron chi connectivity index (χ0n) is 21.1. The van der Waals surface area contributed by atoms with Crippen LogP contribution in [0.25, 0.3) is 10.8 Å². The van der Waals surface area contributed by atoms with Crippen LogP contribution in [0, 0.1) is 10.8 Å². The third-order valence-corrected chi connectivity index (χ3v) is 8.51. The first-order chi connectivity index (χ1) is 16.1. The van der Waals surface area contributed by atoms with Crippen molar-refractivity contribution < 1.29 is 14.3 Å². The second-order valence-electron chi connectivity index (χ2n) is 12.2. The summed E-state index contributed by atoms with van der Waals surface area (Å²) in [7, 11) is 1.69. The van der Waals surface area contributed by atoms with Gasteiger partial charge in [0.05, 0.1) is 7.11 Å². The summed E-state index contributed by atoms with van der Waals surface area (Å²) in [5.41, 5.74) is 1.35. The van der Waals surface area contributed by atoms with Crippen LogP contribution in [-0.4, -0.2) is 41.9 Å². The van der Waals surface area contributed by atoms with Crippen molar-refractivity contribution in [2.75, 3.05) is 13.7 Å². The molecule has 5 nitrogen and oxygen atoms in total. The van der Waals surface area contributed by atoms with Gasteiger partial charge in [0, 0.05) is 36.4 Å². The molecule has 0 unspecified atom stereocenters. The van der Waals surface area contributed by atoms with Gasteiger partial charge in [-0.1, -0.05) is 51.1 Å². The van der Waals surface area contributed by atoms with Gasteiger partial charge in [0.2, 0.25) is 11.8 Å². The number of amides is 2. The van der Waals surface area contributed by atoms with Crippen molar-refractivity contribution in [2.45, 2.75) is 83.7 Å². The van der Waals surface area contributed by atoms with Gasteiger partial charge in [0.1, 0.15) is 5.75 Å². The molecule has 0 spiro atoms. The first kappa shape index (κ1) is 23.2. The number of rotatable bonds is 6. The molecule has 1 aliphatic carbocycles. The summed E-state index contributed by atoms with van der Waals surface area (Å²) >= 11 is 0. The molecule has 5 heteroatoms. The van der Waals surface area contributed by atoms with Crippen molar-refractivity contribution in [2.24, 2.45) is 10.8 Å². The lowest BCUT2D eigenvalue weighted by molar-refractivity contribution is -0.133. The van der Waals surface area contributed by atoms with E-state index in [2.05, 4.69) is 49.2 Å². The molecule has 34 heavy (non-hydrogen) atoms. The molecular formula is C29H38N2O3. The summed E-state index contributed by atoms with van der Waals surface area (Å²) in [5, 5.41) is 5.51. The predicted octanol–water partition coefficient (Wildman–Crippen LogP) is 5.25. The summed E-state index contributed by atoms with van der Waals surface area (Å²) < 4.78 is 5.57. The molecule has 2 aromatic rings. The number of nitrogens with zero attached hydrogens (tertiary/aromatic N) is 1. The number of carbonyl (C=O) groups is 2. The van der Waals surface area contributed by atoms with E-state index >= 15 is 0 Å². The topological polar surface area (TPSA) is 58.6 Å². The number of likely N-dealkylation sites (tertiary alicyclic amines) is 1. The lowest BCUT2D eigenvalue weighted by Gasteiger charge is -2.39. The van der Waals surface area contributed by atoms with Gasteiger partial charge in [-0.3, -0.25) is 9.59 Å². The molecule has 5 rings (SSSR count). The second kappa shape index (κ2) is 8.28. The highest BCUT2D eigenvalue weighted by Crippen LogP contribution is 2.52. The summed E-state index contributed by atoms with van der Waals surface area (Å²) in [4.78, 5) is 28.0. The van der Waals surface area contributed by atoms with E-state index in [-0.39, 0.29) is 22.8 Å². The van der Waals surface area contributed by atoms with E-state index in [1.807, 2.05) is 18.2 Å². The van der Waals surface area contributed by atoms with Gasteiger partial charge in [-0.25, -0.2) is 0 Å². The minimum absolute atomic E-state index is 0.0940. The maximum absolute atomic E-state index is 13.5. The predicted molar refractivity (Wildman–Crippen MR) is 135 cm³/mol. The zero-order chi connectivity index (χ0) is 24.1. The average molecular weight is 463 g/mol. The first-order valence-corrected chi connectivity index (χ1v) is 12.8. The molecule has 3 aliphatic rings. The largest absolute Gasteiger partial charge is 0.496 e. The molecule has 3 fully saturated rings. The lowest BCUT2D eigenvalue weighted by atomic mass is 9.65. The highest BCUT2D eigenvalue weighted by molar-refractivity contribution is 5.91. The SMILES string of the molecule is COc1ccc(C[C@]2(CCC(=O)N3C[C@@]4(C)C[C@H]3CC(C)(C)C4)CCC(=O)N2)c2ccccc12. The summed E-state index contributed by atoms with van der Waals surface area (Å²) in [5.74, 6) is 1.21. The molecule has 2 bridgehead atoms.